The number of tetrazole rings is 1. The summed E-state index contributed by atoms with van der Waals surface area (Å²) in [4.78, 5) is 19.4. The number of quaternary nitrogens is 2. The third kappa shape index (κ3) is 3.65. The number of benzene rings is 1. The van der Waals surface area contributed by atoms with E-state index in [2.05, 4.69) is 74.3 Å². The summed E-state index contributed by atoms with van der Waals surface area (Å²) in [5.41, 5.74) is 3.61. The molecule has 1 atom stereocenters. The summed E-state index contributed by atoms with van der Waals surface area (Å²) < 4.78 is 1.87. The van der Waals surface area contributed by atoms with Crippen LogP contribution in [-0.4, -0.2) is 58.4 Å². The van der Waals surface area contributed by atoms with Crippen molar-refractivity contribution in [3.8, 4) is 0 Å². The molecule has 1 aliphatic rings. The molecule has 1 aromatic carbocycles. The Morgan fingerprint density at radius 2 is 1.83 bits per heavy atom. The molecule has 8 nitrogen and oxygen atoms in total. The number of nitrogens with one attached hydrogen (secondary N) is 3. The first-order chi connectivity index (χ1) is 14.2. The van der Waals surface area contributed by atoms with Gasteiger partial charge in [0, 0.05) is 0 Å². The zero-order valence-electron chi connectivity index (χ0n) is 18.8. The lowest BCUT2D eigenvalue weighted by atomic mass is 9.99. The van der Waals surface area contributed by atoms with Crippen molar-refractivity contribution >= 4 is 10.9 Å². The van der Waals surface area contributed by atoms with Gasteiger partial charge in [0.2, 0.25) is 5.82 Å². The van der Waals surface area contributed by atoms with E-state index in [1.807, 2.05) is 10.7 Å². The summed E-state index contributed by atoms with van der Waals surface area (Å²) in [6.45, 7) is 14.4. The molecule has 0 saturated carbocycles. The maximum absolute atomic E-state index is 13.3. The molecule has 160 valence electrons. The number of likely N-dealkylation sites (N-methyl/N-ethyl adjacent to an activating group) is 1. The Kier molecular flexibility index (Phi) is 5.23. The number of hydrogen-bond acceptors (Lipinski definition) is 4. The molecule has 0 aliphatic carbocycles. The maximum atomic E-state index is 13.3. The molecule has 30 heavy (non-hydrogen) atoms. The minimum atomic E-state index is -0.272. The van der Waals surface area contributed by atoms with E-state index in [0.29, 0.717) is 0 Å². The van der Waals surface area contributed by atoms with Crippen LogP contribution in [0.25, 0.3) is 10.9 Å². The van der Waals surface area contributed by atoms with Crippen molar-refractivity contribution in [2.45, 2.75) is 46.2 Å². The number of H-pyrrole nitrogens is 1. The van der Waals surface area contributed by atoms with Gasteiger partial charge in [0.1, 0.15) is 26.2 Å². The van der Waals surface area contributed by atoms with Gasteiger partial charge in [0.15, 0.2) is 6.04 Å². The first kappa shape index (κ1) is 20.7. The zero-order chi connectivity index (χ0) is 21.6. The molecule has 0 spiro atoms. The van der Waals surface area contributed by atoms with Gasteiger partial charge in [-0.3, -0.25) is 4.79 Å². The standard InChI is InChI=1S/C22H31N7O/c1-14-7-8-16-13-17(21(30)23-18(16)15(14)2)19(28-11-9-27(6)10-12-28)20-24-25-26-29(20)22(3,4)5/h7-8,13,19H,9-12H2,1-6H3,(H,23,30)/p+2/t19-/m0/s1. The van der Waals surface area contributed by atoms with E-state index in [1.165, 1.54) is 15.4 Å². The van der Waals surface area contributed by atoms with Crippen LogP contribution in [0, 0.1) is 13.8 Å². The topological polar surface area (TPSA) is 85.3 Å². The molecule has 1 saturated heterocycles. The van der Waals surface area contributed by atoms with E-state index >= 15 is 0 Å². The predicted molar refractivity (Wildman–Crippen MR) is 116 cm³/mol. The van der Waals surface area contributed by atoms with Gasteiger partial charge >= 0.3 is 0 Å². The Bertz CT molecular complexity index is 1120. The predicted octanol–water partition coefficient (Wildman–Crippen LogP) is -0.611. The first-order valence-corrected chi connectivity index (χ1v) is 10.7. The number of fused-ring (bicyclic) bond motifs is 1. The van der Waals surface area contributed by atoms with E-state index < -0.39 is 0 Å². The van der Waals surface area contributed by atoms with Gasteiger partial charge in [-0.05, 0) is 67.6 Å². The SMILES string of the molecule is Cc1ccc2cc([C@@H](c3nnnn3C(C)(C)C)[NH+]3CC[NH+](C)CC3)c(=O)[nH]c2c1C. The Morgan fingerprint density at radius 1 is 1.13 bits per heavy atom. The monoisotopic (exact) mass is 411 g/mol. The molecular formula is C22H33N7O+2. The highest BCUT2D eigenvalue weighted by atomic mass is 16.1. The molecule has 0 amide bonds. The molecule has 3 heterocycles. The average Bonchev–Trinajstić information content (AvgIpc) is 3.17. The highest BCUT2D eigenvalue weighted by molar-refractivity contribution is 5.83. The molecule has 3 N–H and O–H groups in total. The summed E-state index contributed by atoms with van der Waals surface area (Å²) >= 11 is 0. The van der Waals surface area contributed by atoms with Gasteiger partial charge in [-0.15, -0.1) is 5.10 Å². The largest absolute Gasteiger partial charge is 0.328 e. The van der Waals surface area contributed by atoms with Crippen molar-refractivity contribution in [3.05, 3.63) is 51.1 Å². The van der Waals surface area contributed by atoms with Crippen molar-refractivity contribution < 1.29 is 9.80 Å². The van der Waals surface area contributed by atoms with Crippen LogP contribution in [0.2, 0.25) is 0 Å². The van der Waals surface area contributed by atoms with E-state index in [4.69, 9.17) is 0 Å². The smallest absolute Gasteiger partial charge is 0.258 e. The van der Waals surface area contributed by atoms with Gasteiger partial charge in [0.25, 0.3) is 5.56 Å². The van der Waals surface area contributed by atoms with Crippen LogP contribution in [0.15, 0.2) is 23.0 Å². The Hall–Kier alpha value is -2.58. The maximum Gasteiger partial charge on any atom is 0.258 e. The lowest BCUT2D eigenvalue weighted by Gasteiger charge is -2.33. The molecule has 0 unspecified atom stereocenters. The molecule has 8 heteroatoms. The van der Waals surface area contributed by atoms with Crippen LogP contribution in [0.4, 0.5) is 0 Å². The van der Waals surface area contributed by atoms with E-state index in [9.17, 15) is 4.79 Å². The molecule has 0 bridgehead atoms. The molecular weight excluding hydrogens is 378 g/mol. The van der Waals surface area contributed by atoms with Crippen LogP contribution in [0.1, 0.15) is 49.3 Å². The van der Waals surface area contributed by atoms with Crippen LogP contribution in [0.3, 0.4) is 0 Å². The summed E-state index contributed by atoms with van der Waals surface area (Å²) in [5, 5.41) is 13.8. The van der Waals surface area contributed by atoms with E-state index in [1.54, 1.807) is 0 Å². The van der Waals surface area contributed by atoms with E-state index in [0.717, 1.165) is 54.0 Å². The second-order valence-electron chi connectivity index (χ2n) is 9.69. The fourth-order valence-electron chi connectivity index (χ4n) is 4.44. The van der Waals surface area contributed by atoms with Gasteiger partial charge in [-0.2, -0.15) is 0 Å². The van der Waals surface area contributed by atoms with Crippen molar-refractivity contribution in [2.24, 2.45) is 0 Å². The van der Waals surface area contributed by atoms with Crippen LogP contribution in [0.5, 0.6) is 0 Å². The highest BCUT2D eigenvalue weighted by Gasteiger charge is 2.38. The Labute approximate surface area is 176 Å². The molecule has 2 aromatic heterocycles. The van der Waals surface area contributed by atoms with Gasteiger partial charge in [-0.25, -0.2) is 4.68 Å². The second kappa shape index (κ2) is 7.59. The number of aryl methyl sites for hydroxylation is 2. The minimum Gasteiger partial charge on any atom is -0.328 e. The lowest BCUT2D eigenvalue weighted by Crippen LogP contribution is -3.27. The number of nitrogens with zero attached hydrogens (tertiary/aromatic N) is 4. The zero-order valence-corrected chi connectivity index (χ0v) is 18.8. The minimum absolute atomic E-state index is 0.0524. The van der Waals surface area contributed by atoms with Crippen molar-refractivity contribution in [1.82, 2.24) is 25.2 Å². The summed E-state index contributed by atoms with van der Waals surface area (Å²) in [5.74, 6) is 0.755. The fourth-order valence-corrected chi connectivity index (χ4v) is 4.44. The van der Waals surface area contributed by atoms with Gasteiger partial charge in [0.05, 0.1) is 23.7 Å². The normalized spacial score (nSPS) is 21.1. The second-order valence-corrected chi connectivity index (χ2v) is 9.69. The molecule has 0 radical (unpaired) electrons. The number of hydrogen-bond donors (Lipinski definition) is 3. The molecule has 1 aliphatic heterocycles. The Balaban J connectivity index is 1.91. The van der Waals surface area contributed by atoms with Crippen LogP contribution in [-0.2, 0) is 5.54 Å². The molecule has 3 aromatic rings. The fraction of sp³-hybridized carbons (Fsp3) is 0.545. The number of rotatable bonds is 3. The molecule has 4 rings (SSSR count). The van der Waals surface area contributed by atoms with Crippen molar-refractivity contribution in [2.75, 3.05) is 33.2 Å². The van der Waals surface area contributed by atoms with Crippen molar-refractivity contribution in [1.29, 1.82) is 0 Å². The first-order valence-electron chi connectivity index (χ1n) is 10.7. The third-order valence-electron chi connectivity index (χ3n) is 6.43. The van der Waals surface area contributed by atoms with Gasteiger partial charge < -0.3 is 14.8 Å². The lowest BCUT2D eigenvalue weighted by molar-refractivity contribution is -1.02. The number of piperazine rings is 1. The van der Waals surface area contributed by atoms with Gasteiger partial charge in [-0.1, -0.05) is 12.1 Å². The van der Waals surface area contributed by atoms with Crippen LogP contribution < -0.4 is 15.4 Å². The third-order valence-corrected chi connectivity index (χ3v) is 6.43. The highest BCUT2D eigenvalue weighted by Crippen LogP contribution is 2.24. The quantitative estimate of drug-likeness (QED) is 0.537. The Morgan fingerprint density at radius 3 is 2.50 bits per heavy atom. The summed E-state index contributed by atoms with van der Waals surface area (Å²) in [7, 11) is 2.22. The van der Waals surface area contributed by atoms with Crippen molar-refractivity contribution in [3.63, 3.8) is 0 Å². The van der Waals surface area contributed by atoms with Crippen LogP contribution >= 0.6 is 0 Å². The molecule has 1 fully saturated rings. The van der Waals surface area contributed by atoms with E-state index in [-0.39, 0.29) is 17.1 Å². The number of aromatic nitrogens is 5. The number of aromatic amines is 1. The summed E-state index contributed by atoms with van der Waals surface area (Å²) in [6.07, 6.45) is 0. The summed E-state index contributed by atoms with van der Waals surface area (Å²) in [6, 6.07) is 6.04. The number of pyridine rings is 1. The average molecular weight is 412 g/mol.